The zero-order valence-electron chi connectivity index (χ0n) is 10.1. The molecule has 0 atom stereocenters. The van der Waals surface area contributed by atoms with Gasteiger partial charge in [-0.3, -0.25) is 0 Å². The van der Waals surface area contributed by atoms with Crippen molar-refractivity contribution in [3.63, 3.8) is 0 Å². The van der Waals surface area contributed by atoms with E-state index in [4.69, 9.17) is 22.0 Å². The summed E-state index contributed by atoms with van der Waals surface area (Å²) in [5, 5.41) is 18.0. The molecular weight excluding hydrogens is 288 g/mol. The van der Waals surface area contributed by atoms with Gasteiger partial charge in [0.05, 0.1) is 16.7 Å². The minimum absolute atomic E-state index is 0.0402. The van der Waals surface area contributed by atoms with Gasteiger partial charge in [0.15, 0.2) is 0 Å². The molecule has 0 saturated heterocycles. The lowest BCUT2D eigenvalue weighted by molar-refractivity contribution is 0.213. The van der Waals surface area contributed by atoms with Gasteiger partial charge in [0.2, 0.25) is 10.0 Å². The number of aliphatic hydroxyl groups is 1. The van der Waals surface area contributed by atoms with Crippen molar-refractivity contribution in [2.45, 2.75) is 17.7 Å². The summed E-state index contributed by atoms with van der Waals surface area (Å²) < 4.78 is 26.7. The zero-order valence-corrected chi connectivity index (χ0v) is 11.6. The van der Waals surface area contributed by atoms with Crippen molar-refractivity contribution in [2.75, 3.05) is 13.2 Å². The molecule has 102 valence electrons. The molecule has 19 heavy (non-hydrogen) atoms. The van der Waals surface area contributed by atoms with Gasteiger partial charge in [0, 0.05) is 18.6 Å². The molecule has 2 N–H and O–H groups in total. The Kier molecular flexibility index (Phi) is 3.83. The van der Waals surface area contributed by atoms with E-state index in [-0.39, 0.29) is 34.0 Å². The van der Waals surface area contributed by atoms with E-state index >= 15 is 0 Å². The molecule has 0 bridgehead atoms. The second-order valence-electron chi connectivity index (χ2n) is 4.74. The lowest BCUT2D eigenvalue weighted by Crippen LogP contribution is -2.32. The van der Waals surface area contributed by atoms with Crippen LogP contribution in [0, 0.1) is 16.7 Å². The highest BCUT2D eigenvalue weighted by Gasteiger charge is 2.42. The van der Waals surface area contributed by atoms with Gasteiger partial charge < -0.3 is 5.11 Å². The molecule has 1 fully saturated rings. The Balaban J connectivity index is 2.22. The summed E-state index contributed by atoms with van der Waals surface area (Å²) in [6, 6.07) is 5.95. The van der Waals surface area contributed by atoms with Crippen molar-refractivity contribution in [3.8, 4) is 6.07 Å². The Labute approximate surface area is 116 Å². The SMILES string of the molecule is N#Cc1ccc(Cl)c(S(=O)(=O)NCC2(CO)CC2)c1. The topological polar surface area (TPSA) is 90.2 Å². The van der Waals surface area contributed by atoms with Crippen LogP contribution in [0.25, 0.3) is 0 Å². The molecule has 1 aliphatic carbocycles. The highest BCUT2D eigenvalue weighted by atomic mass is 35.5. The summed E-state index contributed by atoms with van der Waals surface area (Å²) in [5.74, 6) is 0. The fourth-order valence-corrected chi connectivity index (χ4v) is 3.35. The number of sulfonamides is 1. The molecule has 0 heterocycles. The van der Waals surface area contributed by atoms with Crippen molar-refractivity contribution in [3.05, 3.63) is 28.8 Å². The number of nitrogens with zero attached hydrogens (tertiary/aromatic N) is 1. The molecule has 0 aliphatic heterocycles. The van der Waals surface area contributed by atoms with Crippen molar-refractivity contribution in [1.29, 1.82) is 5.26 Å². The maximum Gasteiger partial charge on any atom is 0.242 e. The smallest absolute Gasteiger partial charge is 0.242 e. The van der Waals surface area contributed by atoms with Gasteiger partial charge in [0.1, 0.15) is 4.90 Å². The number of halogens is 1. The van der Waals surface area contributed by atoms with Crippen LogP contribution < -0.4 is 4.72 Å². The minimum Gasteiger partial charge on any atom is -0.396 e. The van der Waals surface area contributed by atoms with E-state index in [0.29, 0.717) is 0 Å². The van der Waals surface area contributed by atoms with Gasteiger partial charge >= 0.3 is 0 Å². The van der Waals surface area contributed by atoms with E-state index in [1.165, 1.54) is 18.2 Å². The van der Waals surface area contributed by atoms with E-state index in [1.54, 1.807) is 0 Å². The van der Waals surface area contributed by atoms with Gasteiger partial charge in [-0.25, -0.2) is 13.1 Å². The van der Waals surface area contributed by atoms with Crippen LogP contribution in [0.5, 0.6) is 0 Å². The third kappa shape index (κ3) is 3.07. The highest BCUT2D eigenvalue weighted by molar-refractivity contribution is 7.89. The zero-order chi connectivity index (χ0) is 14.1. The second kappa shape index (κ2) is 5.10. The average Bonchev–Trinajstić information content (AvgIpc) is 3.18. The predicted molar refractivity (Wildman–Crippen MR) is 70.1 cm³/mol. The van der Waals surface area contributed by atoms with E-state index in [1.807, 2.05) is 6.07 Å². The quantitative estimate of drug-likeness (QED) is 0.856. The number of hydrogen-bond acceptors (Lipinski definition) is 4. The monoisotopic (exact) mass is 300 g/mol. The summed E-state index contributed by atoms with van der Waals surface area (Å²) in [5.41, 5.74) is -0.0973. The number of rotatable bonds is 5. The highest BCUT2D eigenvalue weighted by Crippen LogP contribution is 2.44. The lowest BCUT2D eigenvalue weighted by atomic mass is 10.1. The molecule has 1 aromatic carbocycles. The Morgan fingerprint density at radius 2 is 2.16 bits per heavy atom. The first-order valence-corrected chi connectivity index (χ1v) is 7.59. The van der Waals surface area contributed by atoms with Crippen molar-refractivity contribution < 1.29 is 13.5 Å². The number of benzene rings is 1. The van der Waals surface area contributed by atoms with E-state index in [2.05, 4.69) is 4.72 Å². The van der Waals surface area contributed by atoms with Gasteiger partial charge in [-0.15, -0.1) is 0 Å². The maximum atomic E-state index is 12.1. The van der Waals surface area contributed by atoms with Crippen LogP contribution in [-0.4, -0.2) is 26.7 Å². The lowest BCUT2D eigenvalue weighted by Gasteiger charge is -2.13. The van der Waals surface area contributed by atoms with Crippen LogP contribution in [-0.2, 0) is 10.0 Å². The van der Waals surface area contributed by atoms with Gasteiger partial charge in [0.25, 0.3) is 0 Å². The van der Waals surface area contributed by atoms with Gasteiger partial charge in [-0.05, 0) is 31.0 Å². The van der Waals surface area contributed by atoms with Crippen molar-refractivity contribution in [2.24, 2.45) is 5.41 Å². The molecule has 1 aliphatic rings. The third-order valence-electron chi connectivity index (χ3n) is 3.28. The summed E-state index contributed by atoms with van der Waals surface area (Å²) in [6.45, 7) is 0.139. The number of nitrogens with one attached hydrogen (secondary N) is 1. The fraction of sp³-hybridized carbons (Fsp3) is 0.417. The summed E-state index contributed by atoms with van der Waals surface area (Å²) >= 11 is 5.86. The van der Waals surface area contributed by atoms with Gasteiger partial charge in [-0.2, -0.15) is 5.26 Å². The Hall–Kier alpha value is -1.13. The average molecular weight is 301 g/mol. The molecule has 1 saturated carbocycles. The van der Waals surface area contributed by atoms with Gasteiger partial charge in [-0.1, -0.05) is 11.6 Å². The van der Waals surface area contributed by atoms with Crippen molar-refractivity contribution in [1.82, 2.24) is 4.72 Å². The number of hydrogen-bond donors (Lipinski definition) is 2. The first kappa shape index (κ1) is 14.3. The largest absolute Gasteiger partial charge is 0.396 e. The predicted octanol–water partition coefficient (Wildman–Crippen LogP) is 1.26. The van der Waals surface area contributed by atoms with E-state index < -0.39 is 10.0 Å². The molecule has 5 nitrogen and oxygen atoms in total. The maximum absolute atomic E-state index is 12.1. The Bertz CT molecular complexity index is 633. The first-order chi connectivity index (χ1) is 8.92. The summed E-state index contributed by atoms with van der Waals surface area (Å²) in [6.07, 6.45) is 1.61. The summed E-state index contributed by atoms with van der Waals surface area (Å²) in [7, 11) is -3.77. The standard InChI is InChI=1S/C12H13ClN2O3S/c13-10-2-1-9(6-14)5-11(10)19(17,18)15-7-12(8-16)3-4-12/h1-2,5,15-16H,3-4,7-8H2. The van der Waals surface area contributed by atoms with E-state index in [9.17, 15) is 8.42 Å². The number of aliphatic hydroxyl groups excluding tert-OH is 1. The third-order valence-corrected chi connectivity index (χ3v) is 5.16. The molecule has 7 heteroatoms. The van der Waals surface area contributed by atoms with Crippen LogP contribution >= 0.6 is 11.6 Å². The van der Waals surface area contributed by atoms with Crippen LogP contribution in [0.4, 0.5) is 0 Å². The van der Waals surface area contributed by atoms with Crippen LogP contribution in [0.15, 0.2) is 23.1 Å². The molecular formula is C12H13ClN2O3S. The number of nitriles is 1. The second-order valence-corrected chi connectivity index (χ2v) is 6.88. The molecule has 1 aromatic rings. The van der Waals surface area contributed by atoms with Crippen LogP contribution in [0.3, 0.4) is 0 Å². The normalized spacial score (nSPS) is 16.9. The molecule has 0 aromatic heterocycles. The molecule has 0 radical (unpaired) electrons. The van der Waals surface area contributed by atoms with Crippen molar-refractivity contribution >= 4 is 21.6 Å². The molecule has 2 rings (SSSR count). The molecule has 0 amide bonds. The first-order valence-electron chi connectivity index (χ1n) is 5.73. The molecule has 0 unspecified atom stereocenters. The fourth-order valence-electron chi connectivity index (χ4n) is 1.67. The Morgan fingerprint density at radius 3 is 2.68 bits per heavy atom. The van der Waals surface area contributed by atoms with Crippen LogP contribution in [0.1, 0.15) is 18.4 Å². The summed E-state index contributed by atoms with van der Waals surface area (Å²) in [4.78, 5) is -0.109. The minimum atomic E-state index is -3.77. The van der Waals surface area contributed by atoms with Crippen LogP contribution in [0.2, 0.25) is 5.02 Å². The molecule has 0 spiro atoms. The van der Waals surface area contributed by atoms with E-state index in [0.717, 1.165) is 12.8 Å². The Morgan fingerprint density at radius 1 is 1.47 bits per heavy atom.